The number of H-pyrrole nitrogens is 1. The number of aromatic nitrogens is 1. The van der Waals surface area contributed by atoms with Gasteiger partial charge >= 0.3 is 0 Å². The third-order valence-corrected chi connectivity index (χ3v) is 6.01. The van der Waals surface area contributed by atoms with Gasteiger partial charge in [-0.2, -0.15) is 0 Å². The smallest absolute Gasteiger partial charge is 0.0950 e. The molecular formula is C18H19ClN3S. The van der Waals surface area contributed by atoms with Gasteiger partial charge in [-0.25, -0.2) is 5.32 Å². The molecule has 1 unspecified atom stereocenters. The monoisotopic (exact) mass is 344 g/mol. The molecule has 2 aromatic heterocycles. The SMILES string of the molecule is Cc1[nH]c2c(C3CN(c4ccc(Cl)s4)CC[N]3)cccc2c1C. The van der Waals surface area contributed by atoms with Gasteiger partial charge in [0.2, 0.25) is 0 Å². The van der Waals surface area contributed by atoms with Crippen LogP contribution in [0.25, 0.3) is 10.9 Å². The highest BCUT2D eigenvalue weighted by Crippen LogP contribution is 2.34. The molecule has 0 spiro atoms. The first-order valence-corrected chi connectivity index (χ1v) is 9.07. The maximum absolute atomic E-state index is 6.09. The van der Waals surface area contributed by atoms with Gasteiger partial charge in [-0.1, -0.05) is 29.8 Å². The lowest BCUT2D eigenvalue weighted by Gasteiger charge is -2.33. The molecule has 1 saturated heterocycles. The highest BCUT2D eigenvalue weighted by atomic mass is 35.5. The van der Waals surface area contributed by atoms with E-state index >= 15 is 0 Å². The summed E-state index contributed by atoms with van der Waals surface area (Å²) in [5.74, 6) is 0. The minimum absolute atomic E-state index is 0.200. The van der Waals surface area contributed by atoms with Crippen molar-refractivity contribution in [3.8, 4) is 0 Å². The van der Waals surface area contributed by atoms with E-state index in [2.05, 4.69) is 48.0 Å². The lowest BCUT2D eigenvalue weighted by Crippen LogP contribution is -2.42. The standard InChI is InChI=1S/C18H19ClN3S/c1-11-12(2)21-18-13(11)4-3-5-14(18)15-10-22(9-8-20-15)17-7-6-16(19)23-17/h3-7,15,21H,8-10H2,1-2H3. The largest absolute Gasteiger partial charge is 0.360 e. The second-order valence-corrected chi connectivity index (χ2v) is 7.78. The Kier molecular flexibility index (Phi) is 3.84. The number of rotatable bonds is 2. The highest BCUT2D eigenvalue weighted by Gasteiger charge is 2.25. The van der Waals surface area contributed by atoms with Gasteiger partial charge < -0.3 is 9.88 Å². The van der Waals surface area contributed by atoms with E-state index in [9.17, 15) is 0 Å². The van der Waals surface area contributed by atoms with Crippen LogP contribution < -0.4 is 10.2 Å². The average Bonchev–Trinajstić information content (AvgIpc) is 3.12. The number of hydrogen-bond acceptors (Lipinski definition) is 2. The summed E-state index contributed by atoms with van der Waals surface area (Å²) in [6.45, 7) is 7.04. The molecular weight excluding hydrogens is 326 g/mol. The van der Waals surface area contributed by atoms with Crippen molar-refractivity contribution in [3.05, 3.63) is 51.5 Å². The number of nitrogens with zero attached hydrogens (tertiary/aromatic N) is 2. The predicted octanol–water partition coefficient (Wildman–Crippen LogP) is 4.67. The number of aryl methyl sites for hydroxylation is 2. The van der Waals surface area contributed by atoms with Crippen molar-refractivity contribution >= 4 is 38.8 Å². The number of piperazine rings is 1. The Morgan fingerprint density at radius 1 is 1.26 bits per heavy atom. The van der Waals surface area contributed by atoms with Crippen molar-refractivity contribution in [1.82, 2.24) is 10.3 Å². The molecule has 0 bridgehead atoms. The van der Waals surface area contributed by atoms with E-state index in [0.717, 1.165) is 24.0 Å². The van der Waals surface area contributed by atoms with Crippen LogP contribution in [-0.4, -0.2) is 24.6 Å². The Hall–Kier alpha value is -1.49. The Morgan fingerprint density at radius 3 is 2.91 bits per heavy atom. The van der Waals surface area contributed by atoms with Crippen LogP contribution in [0, 0.1) is 13.8 Å². The molecule has 0 saturated carbocycles. The van der Waals surface area contributed by atoms with E-state index in [0.29, 0.717) is 0 Å². The van der Waals surface area contributed by atoms with Gasteiger partial charge in [0, 0.05) is 30.7 Å². The maximum atomic E-state index is 6.09. The molecule has 1 aromatic carbocycles. The molecule has 1 fully saturated rings. The Balaban J connectivity index is 1.69. The van der Waals surface area contributed by atoms with Gasteiger partial charge in [-0.3, -0.25) is 0 Å². The van der Waals surface area contributed by atoms with E-state index in [-0.39, 0.29) is 6.04 Å². The number of hydrogen-bond donors (Lipinski definition) is 1. The van der Waals surface area contributed by atoms with E-state index in [1.165, 1.54) is 32.7 Å². The van der Waals surface area contributed by atoms with Gasteiger partial charge in [0.1, 0.15) is 0 Å². The highest BCUT2D eigenvalue weighted by molar-refractivity contribution is 7.19. The zero-order valence-electron chi connectivity index (χ0n) is 13.3. The van der Waals surface area contributed by atoms with Crippen molar-refractivity contribution in [3.63, 3.8) is 0 Å². The molecule has 3 nitrogen and oxygen atoms in total. The zero-order valence-corrected chi connectivity index (χ0v) is 14.8. The minimum atomic E-state index is 0.200. The van der Waals surface area contributed by atoms with Crippen molar-refractivity contribution in [2.75, 3.05) is 24.5 Å². The van der Waals surface area contributed by atoms with Crippen molar-refractivity contribution in [2.24, 2.45) is 0 Å². The Bertz CT molecular complexity index is 851. The second kappa shape index (κ2) is 5.86. The van der Waals surface area contributed by atoms with Gasteiger partial charge in [-0.15, -0.1) is 11.3 Å². The summed E-state index contributed by atoms with van der Waals surface area (Å²) in [4.78, 5) is 5.95. The summed E-state index contributed by atoms with van der Waals surface area (Å²) in [6.07, 6.45) is 0. The fourth-order valence-electron chi connectivity index (χ4n) is 3.35. The molecule has 3 heterocycles. The first kappa shape index (κ1) is 15.1. The van der Waals surface area contributed by atoms with Crippen LogP contribution in [0.4, 0.5) is 5.00 Å². The minimum Gasteiger partial charge on any atom is -0.360 e. The van der Waals surface area contributed by atoms with E-state index in [1.54, 1.807) is 11.3 Å². The van der Waals surface area contributed by atoms with Crippen molar-refractivity contribution in [2.45, 2.75) is 19.9 Å². The fourth-order valence-corrected chi connectivity index (χ4v) is 4.41. The summed E-state index contributed by atoms with van der Waals surface area (Å²) in [7, 11) is 0. The van der Waals surface area contributed by atoms with Crippen LogP contribution in [0.15, 0.2) is 30.3 Å². The first-order chi connectivity index (χ1) is 11.1. The summed E-state index contributed by atoms with van der Waals surface area (Å²) in [6, 6.07) is 10.8. The molecule has 0 aliphatic carbocycles. The lowest BCUT2D eigenvalue weighted by molar-refractivity contribution is 0.465. The van der Waals surface area contributed by atoms with Crippen LogP contribution in [0.2, 0.25) is 4.34 Å². The first-order valence-electron chi connectivity index (χ1n) is 7.88. The van der Waals surface area contributed by atoms with Gasteiger partial charge in [0.25, 0.3) is 0 Å². The lowest BCUT2D eigenvalue weighted by atomic mass is 10.0. The summed E-state index contributed by atoms with van der Waals surface area (Å²) in [5.41, 5.74) is 5.11. The number of halogens is 1. The third kappa shape index (κ3) is 2.65. The summed E-state index contributed by atoms with van der Waals surface area (Å²) >= 11 is 7.74. The van der Waals surface area contributed by atoms with Gasteiger partial charge in [0.15, 0.2) is 0 Å². The molecule has 1 radical (unpaired) electrons. The molecule has 0 amide bonds. The Morgan fingerprint density at radius 2 is 2.13 bits per heavy atom. The van der Waals surface area contributed by atoms with E-state index < -0.39 is 0 Å². The third-order valence-electron chi connectivity index (χ3n) is 4.72. The number of nitrogens with one attached hydrogen (secondary N) is 1. The molecule has 1 aliphatic heterocycles. The molecule has 1 N–H and O–H groups in total. The summed E-state index contributed by atoms with van der Waals surface area (Å²) in [5, 5.41) is 7.43. The average molecular weight is 345 g/mol. The molecule has 119 valence electrons. The number of anilines is 1. The predicted molar refractivity (Wildman–Crippen MR) is 99.1 cm³/mol. The zero-order chi connectivity index (χ0) is 16.0. The molecule has 4 rings (SSSR count). The van der Waals surface area contributed by atoms with Crippen LogP contribution >= 0.6 is 22.9 Å². The number of para-hydroxylation sites is 1. The number of benzene rings is 1. The topological polar surface area (TPSA) is 33.1 Å². The van der Waals surface area contributed by atoms with Gasteiger partial charge in [-0.05, 0) is 37.1 Å². The van der Waals surface area contributed by atoms with Crippen LogP contribution in [0.5, 0.6) is 0 Å². The van der Waals surface area contributed by atoms with E-state index in [4.69, 9.17) is 16.9 Å². The molecule has 5 heteroatoms. The van der Waals surface area contributed by atoms with Crippen molar-refractivity contribution in [1.29, 1.82) is 0 Å². The number of aromatic amines is 1. The summed E-state index contributed by atoms with van der Waals surface area (Å²) < 4.78 is 0.844. The van der Waals surface area contributed by atoms with Crippen LogP contribution in [-0.2, 0) is 0 Å². The quantitative estimate of drug-likeness (QED) is 0.720. The van der Waals surface area contributed by atoms with Crippen LogP contribution in [0.1, 0.15) is 22.9 Å². The van der Waals surface area contributed by atoms with Gasteiger partial charge in [0.05, 0.1) is 20.9 Å². The maximum Gasteiger partial charge on any atom is 0.0950 e. The number of fused-ring (bicyclic) bond motifs is 1. The molecule has 1 aliphatic rings. The molecule has 23 heavy (non-hydrogen) atoms. The van der Waals surface area contributed by atoms with Crippen LogP contribution in [0.3, 0.4) is 0 Å². The fraction of sp³-hybridized carbons (Fsp3) is 0.333. The molecule has 1 atom stereocenters. The molecule has 3 aromatic rings. The Labute approximate surface area is 145 Å². The number of thiophene rings is 1. The second-order valence-electron chi connectivity index (χ2n) is 6.09. The normalized spacial score (nSPS) is 18.7. The van der Waals surface area contributed by atoms with Crippen molar-refractivity contribution < 1.29 is 0 Å². The van der Waals surface area contributed by atoms with E-state index in [1.807, 2.05) is 6.07 Å².